The molecule has 1 saturated heterocycles. The van der Waals surface area contributed by atoms with Crippen molar-refractivity contribution in [3.8, 4) is 0 Å². The smallest absolute Gasteiger partial charge is 0.357 e. The molecule has 1 fully saturated rings. The van der Waals surface area contributed by atoms with Gasteiger partial charge in [0.05, 0.1) is 7.11 Å². The largest absolute Gasteiger partial charge is 0.464 e. The first kappa shape index (κ1) is 14.8. The average Bonchev–Trinajstić information content (AvgIpc) is 2.96. The number of piperidine rings is 1. The lowest BCUT2D eigenvalue weighted by Gasteiger charge is -2.26. The van der Waals surface area contributed by atoms with Gasteiger partial charge in [-0.05, 0) is 19.3 Å². The molecule has 0 atom stereocenters. The maximum Gasteiger partial charge on any atom is 0.357 e. The third kappa shape index (κ3) is 3.93. The van der Waals surface area contributed by atoms with E-state index < -0.39 is 5.97 Å². The third-order valence-corrected chi connectivity index (χ3v) is 4.02. The molecule has 1 amide bonds. The first-order chi connectivity index (χ1) is 9.70. The SMILES string of the molecule is COC(=O)c1csc(NCCC(=O)N2CCCCC2)n1. The molecule has 110 valence electrons. The molecule has 0 radical (unpaired) electrons. The van der Waals surface area contributed by atoms with Crippen LogP contribution in [0.25, 0.3) is 0 Å². The van der Waals surface area contributed by atoms with Gasteiger partial charge in [-0.1, -0.05) is 0 Å². The van der Waals surface area contributed by atoms with Crippen molar-refractivity contribution >= 4 is 28.3 Å². The number of aromatic nitrogens is 1. The van der Waals surface area contributed by atoms with Gasteiger partial charge in [0.15, 0.2) is 10.8 Å². The maximum absolute atomic E-state index is 11.9. The van der Waals surface area contributed by atoms with Gasteiger partial charge >= 0.3 is 5.97 Å². The number of carbonyl (C=O) groups is 2. The van der Waals surface area contributed by atoms with Crippen molar-refractivity contribution < 1.29 is 14.3 Å². The second-order valence-electron chi connectivity index (χ2n) is 4.65. The van der Waals surface area contributed by atoms with Gasteiger partial charge in [-0.15, -0.1) is 11.3 Å². The van der Waals surface area contributed by atoms with Crippen molar-refractivity contribution in [2.75, 3.05) is 32.1 Å². The zero-order chi connectivity index (χ0) is 14.4. The number of hydrogen-bond acceptors (Lipinski definition) is 6. The van der Waals surface area contributed by atoms with E-state index in [1.165, 1.54) is 24.9 Å². The van der Waals surface area contributed by atoms with Crippen molar-refractivity contribution in [3.05, 3.63) is 11.1 Å². The molecule has 0 bridgehead atoms. The summed E-state index contributed by atoms with van der Waals surface area (Å²) >= 11 is 1.33. The van der Waals surface area contributed by atoms with Crippen LogP contribution in [0.3, 0.4) is 0 Å². The Bertz CT molecular complexity index is 469. The Morgan fingerprint density at radius 3 is 2.85 bits per heavy atom. The van der Waals surface area contributed by atoms with Crippen LogP contribution in [0, 0.1) is 0 Å². The van der Waals surface area contributed by atoms with E-state index in [9.17, 15) is 9.59 Å². The Kier molecular flexibility index (Phi) is 5.34. The number of anilines is 1. The van der Waals surface area contributed by atoms with Gasteiger partial charge in [0.25, 0.3) is 0 Å². The zero-order valence-electron chi connectivity index (χ0n) is 11.6. The Balaban J connectivity index is 1.73. The Morgan fingerprint density at radius 1 is 1.40 bits per heavy atom. The number of thiazole rings is 1. The summed E-state index contributed by atoms with van der Waals surface area (Å²) < 4.78 is 4.59. The van der Waals surface area contributed by atoms with Crippen LogP contribution in [0.4, 0.5) is 5.13 Å². The number of nitrogens with one attached hydrogen (secondary N) is 1. The van der Waals surface area contributed by atoms with Gasteiger partial charge in [-0.25, -0.2) is 9.78 Å². The predicted octanol–water partition coefficient (Wildman–Crippen LogP) is 1.74. The molecule has 1 aromatic heterocycles. The number of likely N-dealkylation sites (tertiary alicyclic amines) is 1. The molecule has 7 heteroatoms. The molecule has 0 unspecified atom stereocenters. The van der Waals surface area contributed by atoms with Crippen LogP contribution in [-0.4, -0.2) is 48.5 Å². The van der Waals surface area contributed by atoms with E-state index in [1.54, 1.807) is 5.38 Å². The number of hydrogen-bond donors (Lipinski definition) is 1. The topological polar surface area (TPSA) is 71.5 Å². The van der Waals surface area contributed by atoms with Crippen LogP contribution >= 0.6 is 11.3 Å². The van der Waals surface area contributed by atoms with Crippen molar-refractivity contribution in [1.82, 2.24) is 9.88 Å². The highest BCUT2D eigenvalue weighted by Gasteiger charge is 2.16. The number of amides is 1. The van der Waals surface area contributed by atoms with Crippen LogP contribution in [0.5, 0.6) is 0 Å². The predicted molar refractivity (Wildman–Crippen MR) is 77.0 cm³/mol. The molecule has 2 heterocycles. The van der Waals surface area contributed by atoms with E-state index in [0.717, 1.165) is 25.9 Å². The maximum atomic E-state index is 11.9. The molecule has 0 aliphatic carbocycles. The standard InChI is InChI=1S/C13H19N3O3S/c1-19-12(18)10-9-20-13(15-10)14-6-5-11(17)16-7-3-2-4-8-16/h9H,2-8H2,1H3,(H,14,15). The zero-order valence-corrected chi connectivity index (χ0v) is 12.4. The highest BCUT2D eigenvalue weighted by Crippen LogP contribution is 2.16. The summed E-state index contributed by atoms with van der Waals surface area (Å²) in [7, 11) is 1.33. The lowest BCUT2D eigenvalue weighted by molar-refractivity contribution is -0.131. The van der Waals surface area contributed by atoms with Gasteiger partial charge in [-0.3, -0.25) is 4.79 Å². The Labute approximate surface area is 122 Å². The summed E-state index contributed by atoms with van der Waals surface area (Å²) in [5, 5.41) is 5.34. The van der Waals surface area contributed by atoms with Gasteiger partial charge < -0.3 is 15.0 Å². The van der Waals surface area contributed by atoms with Gasteiger partial charge in [0.2, 0.25) is 5.91 Å². The van der Waals surface area contributed by atoms with Crippen LogP contribution in [0.2, 0.25) is 0 Å². The molecule has 1 aromatic rings. The number of methoxy groups -OCH3 is 1. The molecule has 0 aromatic carbocycles. The first-order valence-electron chi connectivity index (χ1n) is 6.76. The number of rotatable bonds is 5. The molecule has 2 rings (SSSR count). The van der Waals surface area contributed by atoms with Crippen molar-refractivity contribution in [1.29, 1.82) is 0 Å². The van der Waals surface area contributed by atoms with E-state index in [4.69, 9.17) is 0 Å². The van der Waals surface area contributed by atoms with Crippen molar-refractivity contribution in [2.45, 2.75) is 25.7 Å². The van der Waals surface area contributed by atoms with E-state index in [2.05, 4.69) is 15.0 Å². The number of nitrogens with zero attached hydrogens (tertiary/aromatic N) is 2. The third-order valence-electron chi connectivity index (χ3n) is 3.22. The fourth-order valence-electron chi connectivity index (χ4n) is 2.13. The molecule has 0 saturated carbocycles. The summed E-state index contributed by atoms with van der Waals surface area (Å²) in [6, 6.07) is 0. The molecular formula is C13H19N3O3S. The minimum Gasteiger partial charge on any atom is -0.464 e. The average molecular weight is 297 g/mol. The fourth-order valence-corrected chi connectivity index (χ4v) is 2.84. The summed E-state index contributed by atoms with van der Waals surface area (Å²) in [6.07, 6.45) is 3.88. The minimum atomic E-state index is -0.446. The van der Waals surface area contributed by atoms with E-state index in [0.29, 0.717) is 23.8 Å². The van der Waals surface area contributed by atoms with Gasteiger partial charge in [0, 0.05) is 31.4 Å². The van der Waals surface area contributed by atoms with Crippen molar-refractivity contribution in [2.24, 2.45) is 0 Å². The summed E-state index contributed by atoms with van der Waals surface area (Å²) in [4.78, 5) is 29.2. The van der Waals surface area contributed by atoms with Crippen LogP contribution < -0.4 is 5.32 Å². The molecule has 1 N–H and O–H groups in total. The summed E-state index contributed by atoms with van der Waals surface area (Å²) in [5.41, 5.74) is 0.294. The number of carbonyl (C=O) groups excluding carboxylic acids is 2. The molecule has 1 aliphatic rings. The first-order valence-corrected chi connectivity index (χ1v) is 7.64. The van der Waals surface area contributed by atoms with Crippen molar-refractivity contribution in [3.63, 3.8) is 0 Å². The van der Waals surface area contributed by atoms with Gasteiger partial charge in [-0.2, -0.15) is 0 Å². The van der Waals surface area contributed by atoms with Crippen LogP contribution in [0.15, 0.2) is 5.38 Å². The molecular weight excluding hydrogens is 278 g/mol. The quantitative estimate of drug-likeness (QED) is 0.838. The highest BCUT2D eigenvalue weighted by atomic mass is 32.1. The molecule has 0 spiro atoms. The van der Waals surface area contributed by atoms with Gasteiger partial charge in [0.1, 0.15) is 0 Å². The monoisotopic (exact) mass is 297 g/mol. The van der Waals surface area contributed by atoms with E-state index >= 15 is 0 Å². The summed E-state index contributed by atoms with van der Waals surface area (Å²) in [6.45, 7) is 2.29. The normalized spacial score (nSPS) is 14.9. The molecule has 6 nitrogen and oxygen atoms in total. The molecule has 20 heavy (non-hydrogen) atoms. The Morgan fingerprint density at radius 2 is 2.15 bits per heavy atom. The number of esters is 1. The Hall–Kier alpha value is -1.63. The second kappa shape index (κ2) is 7.23. The lowest BCUT2D eigenvalue weighted by Crippen LogP contribution is -2.36. The fraction of sp³-hybridized carbons (Fsp3) is 0.615. The highest BCUT2D eigenvalue weighted by molar-refractivity contribution is 7.13. The lowest BCUT2D eigenvalue weighted by atomic mass is 10.1. The van der Waals surface area contributed by atoms with Crippen LogP contribution in [0.1, 0.15) is 36.2 Å². The van der Waals surface area contributed by atoms with E-state index in [1.807, 2.05) is 4.90 Å². The summed E-state index contributed by atoms with van der Waals surface area (Å²) in [5.74, 6) is -0.263. The minimum absolute atomic E-state index is 0.182. The number of ether oxygens (including phenoxy) is 1. The molecule has 1 aliphatic heterocycles. The van der Waals surface area contributed by atoms with E-state index in [-0.39, 0.29) is 5.91 Å². The van der Waals surface area contributed by atoms with Crippen LogP contribution in [-0.2, 0) is 9.53 Å². The second-order valence-corrected chi connectivity index (χ2v) is 5.51.